The summed E-state index contributed by atoms with van der Waals surface area (Å²) in [5, 5.41) is 10.5. The number of likely N-dealkylation sites (N-methyl/N-ethyl adjacent to an activating group) is 1. The molecule has 18 heavy (non-hydrogen) atoms. The molecule has 1 unspecified atom stereocenters. The second-order valence-electron chi connectivity index (χ2n) is 4.17. The Kier molecular flexibility index (Phi) is 7.51. The first-order chi connectivity index (χ1) is 8.61. The van der Waals surface area contributed by atoms with Crippen molar-refractivity contribution >= 4 is 23.4 Å². The molecule has 0 spiro atoms. The van der Waals surface area contributed by atoms with Crippen LogP contribution in [0.5, 0.6) is 5.75 Å². The smallest absolute Gasteiger partial charge is 0.119 e. The lowest BCUT2D eigenvalue weighted by molar-refractivity contribution is 0.0781. The Balaban J connectivity index is 2.24. The molecule has 0 aliphatic rings. The van der Waals surface area contributed by atoms with Gasteiger partial charge < -0.3 is 14.7 Å². The van der Waals surface area contributed by atoms with Crippen LogP contribution in [0.4, 0.5) is 0 Å². The summed E-state index contributed by atoms with van der Waals surface area (Å²) in [7, 11) is 2.00. The van der Waals surface area contributed by atoms with Gasteiger partial charge in [-0.25, -0.2) is 0 Å². The molecule has 0 amide bonds. The maximum absolute atomic E-state index is 9.84. The summed E-state index contributed by atoms with van der Waals surface area (Å²) >= 11 is 7.58. The number of benzene rings is 1. The van der Waals surface area contributed by atoms with Crippen LogP contribution in [-0.4, -0.2) is 54.9 Å². The summed E-state index contributed by atoms with van der Waals surface area (Å²) in [5.41, 5.74) is 0. The molecule has 0 saturated carbocycles. The Morgan fingerprint density at radius 3 is 2.67 bits per heavy atom. The second-order valence-corrected chi connectivity index (χ2v) is 5.60. The highest BCUT2D eigenvalue weighted by molar-refractivity contribution is 7.98. The molecular formula is C13H20ClNO2S. The van der Waals surface area contributed by atoms with E-state index < -0.39 is 6.10 Å². The van der Waals surface area contributed by atoms with Crippen molar-refractivity contribution in [3.63, 3.8) is 0 Å². The van der Waals surface area contributed by atoms with E-state index in [1.54, 1.807) is 36.0 Å². The van der Waals surface area contributed by atoms with E-state index in [9.17, 15) is 5.11 Å². The van der Waals surface area contributed by atoms with Crippen LogP contribution in [0.3, 0.4) is 0 Å². The molecule has 1 atom stereocenters. The molecule has 1 rings (SSSR count). The molecule has 0 heterocycles. The molecule has 3 nitrogen and oxygen atoms in total. The standard InChI is InChI=1S/C13H20ClNO2S/c1-15(7-8-18-2)9-12(16)10-17-13-5-3-11(14)4-6-13/h3-6,12,16H,7-10H2,1-2H3. The third kappa shape index (κ3) is 6.50. The lowest BCUT2D eigenvalue weighted by Crippen LogP contribution is -2.34. The molecule has 0 aliphatic carbocycles. The number of nitrogens with zero attached hydrogens (tertiary/aromatic N) is 1. The number of hydrogen-bond donors (Lipinski definition) is 1. The number of hydrogen-bond acceptors (Lipinski definition) is 4. The van der Waals surface area contributed by atoms with Crippen LogP contribution in [0.1, 0.15) is 0 Å². The predicted octanol–water partition coefficient (Wildman–Crippen LogP) is 2.37. The fraction of sp³-hybridized carbons (Fsp3) is 0.538. The van der Waals surface area contributed by atoms with Crippen LogP contribution in [0.2, 0.25) is 5.02 Å². The molecule has 1 N–H and O–H groups in total. The normalized spacial score (nSPS) is 12.7. The Labute approximate surface area is 118 Å². The van der Waals surface area contributed by atoms with Crippen LogP contribution in [0.15, 0.2) is 24.3 Å². The minimum atomic E-state index is -0.479. The molecule has 0 bridgehead atoms. The molecule has 1 aromatic rings. The Hall–Kier alpha value is -0.420. The van der Waals surface area contributed by atoms with E-state index in [-0.39, 0.29) is 0 Å². The van der Waals surface area contributed by atoms with Crippen LogP contribution in [0, 0.1) is 0 Å². The summed E-state index contributed by atoms with van der Waals surface area (Å²) in [5.74, 6) is 1.80. The zero-order valence-corrected chi connectivity index (χ0v) is 12.4. The van der Waals surface area contributed by atoms with Crippen molar-refractivity contribution in [1.29, 1.82) is 0 Å². The Morgan fingerprint density at radius 2 is 2.06 bits per heavy atom. The highest BCUT2D eigenvalue weighted by Crippen LogP contribution is 2.15. The molecule has 0 radical (unpaired) electrons. The average Bonchev–Trinajstić information content (AvgIpc) is 2.35. The van der Waals surface area contributed by atoms with Gasteiger partial charge in [0.25, 0.3) is 0 Å². The van der Waals surface area contributed by atoms with Gasteiger partial charge in [0.15, 0.2) is 0 Å². The van der Waals surface area contributed by atoms with Crippen molar-refractivity contribution in [3.8, 4) is 5.75 Å². The van der Waals surface area contributed by atoms with Gasteiger partial charge in [-0.05, 0) is 37.6 Å². The van der Waals surface area contributed by atoms with E-state index in [4.69, 9.17) is 16.3 Å². The highest BCUT2D eigenvalue weighted by atomic mass is 35.5. The monoisotopic (exact) mass is 289 g/mol. The summed E-state index contributed by atoms with van der Waals surface area (Å²) in [4.78, 5) is 2.10. The summed E-state index contributed by atoms with van der Waals surface area (Å²) in [6.45, 7) is 1.89. The quantitative estimate of drug-likeness (QED) is 0.796. The van der Waals surface area contributed by atoms with Crippen LogP contribution < -0.4 is 4.74 Å². The molecule has 0 aromatic heterocycles. The third-order valence-electron chi connectivity index (χ3n) is 2.46. The van der Waals surface area contributed by atoms with Crippen molar-refractivity contribution < 1.29 is 9.84 Å². The van der Waals surface area contributed by atoms with Gasteiger partial charge in [0.05, 0.1) is 0 Å². The Bertz CT molecular complexity index is 334. The van der Waals surface area contributed by atoms with E-state index in [0.29, 0.717) is 18.2 Å². The van der Waals surface area contributed by atoms with Crippen molar-refractivity contribution in [2.24, 2.45) is 0 Å². The highest BCUT2D eigenvalue weighted by Gasteiger charge is 2.08. The minimum Gasteiger partial charge on any atom is -0.491 e. The number of ether oxygens (including phenoxy) is 1. The largest absolute Gasteiger partial charge is 0.491 e. The first-order valence-electron chi connectivity index (χ1n) is 5.85. The van der Waals surface area contributed by atoms with Gasteiger partial charge in [0, 0.05) is 23.9 Å². The number of thioether (sulfide) groups is 1. The van der Waals surface area contributed by atoms with Crippen LogP contribution in [0.25, 0.3) is 0 Å². The van der Waals surface area contributed by atoms with Gasteiger partial charge in [0.2, 0.25) is 0 Å². The number of aliphatic hydroxyl groups is 1. The van der Waals surface area contributed by atoms with Gasteiger partial charge in [0.1, 0.15) is 18.5 Å². The summed E-state index contributed by atoms with van der Waals surface area (Å²) < 4.78 is 5.49. The zero-order chi connectivity index (χ0) is 13.4. The van der Waals surface area contributed by atoms with Crippen LogP contribution >= 0.6 is 23.4 Å². The number of rotatable bonds is 8. The van der Waals surface area contributed by atoms with Crippen molar-refractivity contribution in [2.75, 3.05) is 38.8 Å². The first-order valence-corrected chi connectivity index (χ1v) is 7.63. The zero-order valence-electron chi connectivity index (χ0n) is 10.8. The maximum atomic E-state index is 9.84. The summed E-state index contributed by atoms with van der Waals surface area (Å²) in [6, 6.07) is 7.14. The van der Waals surface area contributed by atoms with Crippen molar-refractivity contribution in [3.05, 3.63) is 29.3 Å². The van der Waals surface area contributed by atoms with E-state index in [0.717, 1.165) is 18.0 Å². The molecule has 1 aromatic carbocycles. The van der Waals surface area contributed by atoms with Gasteiger partial charge in [-0.2, -0.15) is 11.8 Å². The number of aliphatic hydroxyl groups excluding tert-OH is 1. The van der Waals surface area contributed by atoms with E-state index in [1.165, 1.54) is 0 Å². The minimum absolute atomic E-state index is 0.297. The predicted molar refractivity (Wildman–Crippen MR) is 78.8 cm³/mol. The van der Waals surface area contributed by atoms with Gasteiger partial charge in [-0.1, -0.05) is 11.6 Å². The van der Waals surface area contributed by atoms with E-state index in [2.05, 4.69) is 11.2 Å². The van der Waals surface area contributed by atoms with Gasteiger partial charge in [-0.15, -0.1) is 0 Å². The van der Waals surface area contributed by atoms with E-state index in [1.807, 2.05) is 7.05 Å². The molecule has 5 heteroatoms. The fourth-order valence-electron chi connectivity index (χ4n) is 1.47. The topological polar surface area (TPSA) is 32.7 Å². The third-order valence-corrected chi connectivity index (χ3v) is 3.30. The van der Waals surface area contributed by atoms with Crippen LogP contribution in [-0.2, 0) is 0 Å². The van der Waals surface area contributed by atoms with Crippen molar-refractivity contribution in [2.45, 2.75) is 6.10 Å². The lowest BCUT2D eigenvalue weighted by atomic mass is 10.3. The average molecular weight is 290 g/mol. The molecular weight excluding hydrogens is 270 g/mol. The SMILES string of the molecule is CSCCN(C)CC(O)COc1ccc(Cl)cc1. The lowest BCUT2D eigenvalue weighted by Gasteiger charge is -2.20. The molecule has 0 saturated heterocycles. The summed E-state index contributed by atoms with van der Waals surface area (Å²) in [6.07, 6.45) is 1.60. The number of halogens is 1. The molecule has 102 valence electrons. The second kappa shape index (κ2) is 8.64. The van der Waals surface area contributed by atoms with Gasteiger partial charge >= 0.3 is 0 Å². The fourth-order valence-corrected chi connectivity index (χ4v) is 2.09. The van der Waals surface area contributed by atoms with Gasteiger partial charge in [-0.3, -0.25) is 0 Å². The van der Waals surface area contributed by atoms with Crippen molar-refractivity contribution in [1.82, 2.24) is 4.90 Å². The first kappa shape index (κ1) is 15.6. The maximum Gasteiger partial charge on any atom is 0.119 e. The molecule has 0 aliphatic heterocycles. The molecule has 0 fully saturated rings. The van der Waals surface area contributed by atoms with E-state index >= 15 is 0 Å². The Morgan fingerprint density at radius 1 is 1.39 bits per heavy atom.